The monoisotopic (exact) mass is 118 g/mol. The van der Waals surface area contributed by atoms with Crippen LogP contribution in [0.3, 0.4) is 0 Å². The summed E-state index contributed by atoms with van der Waals surface area (Å²) in [6.07, 6.45) is 0. The number of nitrogens with zero attached hydrogens (tertiary/aromatic N) is 1. The molecule has 0 aromatic carbocycles. The van der Waals surface area contributed by atoms with E-state index in [1.165, 1.54) is 12.1 Å². The molecule has 1 aliphatic rings. The van der Waals surface area contributed by atoms with Crippen LogP contribution in [0.2, 0.25) is 0 Å². The van der Waals surface area contributed by atoms with E-state index in [9.17, 15) is 0 Å². The highest BCUT2D eigenvalue weighted by Gasteiger charge is 2.13. The van der Waals surface area contributed by atoms with E-state index in [0.29, 0.717) is 0 Å². The Kier molecular flexibility index (Phi) is 1.21. The van der Waals surface area contributed by atoms with Crippen LogP contribution in [0, 0.1) is 0 Å². The molecule has 0 saturated heterocycles. The van der Waals surface area contributed by atoms with Crippen LogP contribution >= 0.6 is 12.1 Å². The Morgan fingerprint density at radius 1 is 2.00 bits per heavy atom. The first-order chi connectivity index (χ1) is 3.30. The van der Waals surface area contributed by atoms with Crippen molar-refractivity contribution in [3.63, 3.8) is 0 Å². The van der Waals surface area contributed by atoms with Crippen LogP contribution in [0.4, 0.5) is 0 Å². The van der Waals surface area contributed by atoms with Crippen molar-refractivity contribution in [2.45, 2.75) is 13.0 Å². The zero-order valence-electron chi connectivity index (χ0n) is 3.88. The van der Waals surface area contributed by atoms with Gasteiger partial charge in [-0.1, -0.05) is 0 Å². The Morgan fingerprint density at radius 2 is 2.71 bits per heavy atom. The molecule has 0 fully saturated rings. The molecule has 0 aromatic heterocycles. The molecule has 40 valence electrons. The molecule has 0 spiro atoms. The summed E-state index contributed by atoms with van der Waals surface area (Å²) in [4.78, 5) is 0. The van der Waals surface area contributed by atoms with Crippen LogP contribution < -0.4 is 4.72 Å². The first-order valence-corrected chi connectivity index (χ1v) is 2.76. The molecule has 0 aliphatic carbocycles. The molecule has 0 saturated carbocycles. The second-order valence-corrected chi connectivity index (χ2v) is 1.98. The van der Waals surface area contributed by atoms with E-state index in [2.05, 4.69) is 9.12 Å². The van der Waals surface area contributed by atoms with Crippen LogP contribution in [0.15, 0.2) is 4.40 Å². The molecule has 1 rings (SSSR count). The summed E-state index contributed by atoms with van der Waals surface area (Å²) in [5.41, 5.74) is 0. The third-order valence-electron chi connectivity index (χ3n) is 0.756. The zero-order chi connectivity index (χ0) is 5.28. The van der Waals surface area contributed by atoms with Crippen LogP contribution in [0.1, 0.15) is 6.92 Å². The van der Waals surface area contributed by atoms with Gasteiger partial charge in [-0.2, -0.15) is 4.40 Å². The molecule has 0 bridgehead atoms. The van der Waals surface area contributed by atoms with Gasteiger partial charge in [0.2, 0.25) is 5.90 Å². The summed E-state index contributed by atoms with van der Waals surface area (Å²) in [7, 11) is 0. The summed E-state index contributed by atoms with van der Waals surface area (Å²) < 4.78 is 6.43. The molecule has 0 aromatic rings. The van der Waals surface area contributed by atoms with Crippen molar-refractivity contribution in [1.29, 1.82) is 0 Å². The molecule has 7 heavy (non-hydrogen) atoms. The largest absolute Gasteiger partial charge is 0.495 e. The van der Waals surface area contributed by atoms with Gasteiger partial charge in [0.05, 0.1) is 18.2 Å². The Hall–Kier alpha value is -0.220. The van der Waals surface area contributed by atoms with Gasteiger partial charge in [-0.15, -0.1) is 0 Å². The van der Waals surface area contributed by atoms with Crippen molar-refractivity contribution in [2.24, 2.45) is 4.40 Å². The molecule has 0 amide bonds. The lowest BCUT2D eigenvalue weighted by molar-refractivity contribution is 0.522. The fraction of sp³-hybridized carbons (Fsp3) is 0.667. The van der Waals surface area contributed by atoms with E-state index < -0.39 is 0 Å². The molecule has 2 N–H and O–H groups in total. The quantitative estimate of drug-likeness (QED) is 0.455. The molecule has 0 radical (unpaired) electrons. The summed E-state index contributed by atoms with van der Waals surface area (Å²) in [6, 6.07) is 0.0324. The van der Waals surface area contributed by atoms with Crippen molar-refractivity contribution in [3.8, 4) is 0 Å². The van der Waals surface area contributed by atoms with Gasteiger partial charge in [0, 0.05) is 0 Å². The lowest BCUT2D eigenvalue weighted by Crippen LogP contribution is -2.22. The maximum atomic E-state index is 8.66. The van der Waals surface area contributed by atoms with Gasteiger partial charge >= 0.3 is 0 Å². The minimum Gasteiger partial charge on any atom is -0.495 e. The molecule has 3 nitrogen and oxygen atoms in total. The number of aliphatic hydroxyl groups is 1. The lowest BCUT2D eigenvalue weighted by Gasteiger charge is -1.94. The van der Waals surface area contributed by atoms with E-state index in [1.54, 1.807) is 0 Å². The average Bonchev–Trinajstić information content (AvgIpc) is 1.91. The predicted molar refractivity (Wildman–Crippen MR) is 30.3 cm³/mol. The number of aliphatic hydroxyl groups excluding tert-OH is 1. The van der Waals surface area contributed by atoms with E-state index in [0.717, 1.165) is 0 Å². The van der Waals surface area contributed by atoms with Crippen molar-refractivity contribution in [3.05, 3.63) is 0 Å². The third kappa shape index (κ3) is 0.863. The van der Waals surface area contributed by atoms with Crippen LogP contribution in [-0.4, -0.2) is 17.0 Å². The van der Waals surface area contributed by atoms with Crippen molar-refractivity contribution < 1.29 is 5.11 Å². The van der Waals surface area contributed by atoms with Gasteiger partial charge in [0.25, 0.3) is 0 Å². The van der Waals surface area contributed by atoms with Gasteiger partial charge < -0.3 is 5.11 Å². The summed E-state index contributed by atoms with van der Waals surface area (Å²) in [5, 5.41) is 8.66. The minimum atomic E-state index is 0.0324. The number of nitrogens with one attached hydrogen (secondary N) is 1. The van der Waals surface area contributed by atoms with Crippen molar-refractivity contribution in [1.82, 2.24) is 4.72 Å². The van der Waals surface area contributed by atoms with Crippen LogP contribution in [0.25, 0.3) is 0 Å². The van der Waals surface area contributed by atoms with Crippen LogP contribution in [-0.2, 0) is 0 Å². The smallest absolute Gasteiger partial charge is 0.212 e. The summed E-state index contributed by atoms with van der Waals surface area (Å²) >= 11 is 1.18. The fourth-order valence-electron chi connectivity index (χ4n) is 0.284. The van der Waals surface area contributed by atoms with Gasteiger partial charge in [0.15, 0.2) is 0 Å². The fourth-order valence-corrected chi connectivity index (χ4v) is 0.852. The first-order valence-electron chi connectivity index (χ1n) is 1.99. The predicted octanol–water partition coefficient (Wildman–Crippen LogP) is 0.498. The maximum absolute atomic E-state index is 8.66. The van der Waals surface area contributed by atoms with Gasteiger partial charge in [-0.3, -0.25) is 0 Å². The average molecular weight is 118 g/mol. The zero-order valence-corrected chi connectivity index (χ0v) is 4.70. The topological polar surface area (TPSA) is 44.6 Å². The SMILES string of the molecule is CC1NSN=C1O. The van der Waals surface area contributed by atoms with E-state index in [4.69, 9.17) is 5.11 Å². The van der Waals surface area contributed by atoms with E-state index in [-0.39, 0.29) is 11.9 Å². The molecule has 1 atom stereocenters. The first kappa shape index (κ1) is 4.93. The highest BCUT2D eigenvalue weighted by atomic mass is 32.2. The molecule has 1 heterocycles. The van der Waals surface area contributed by atoms with Crippen molar-refractivity contribution in [2.75, 3.05) is 0 Å². The highest BCUT2D eigenvalue weighted by Crippen LogP contribution is 2.07. The van der Waals surface area contributed by atoms with Gasteiger partial charge in [-0.25, -0.2) is 4.72 Å². The maximum Gasteiger partial charge on any atom is 0.212 e. The Morgan fingerprint density at radius 3 is 2.86 bits per heavy atom. The normalized spacial score (nSPS) is 30.4. The van der Waals surface area contributed by atoms with Gasteiger partial charge in [0.1, 0.15) is 0 Å². The molecule has 1 aliphatic heterocycles. The van der Waals surface area contributed by atoms with E-state index >= 15 is 0 Å². The Balaban J connectivity index is 2.54. The van der Waals surface area contributed by atoms with E-state index in [1.807, 2.05) is 6.92 Å². The Labute approximate surface area is 46.1 Å². The minimum absolute atomic E-state index is 0.0324. The lowest BCUT2D eigenvalue weighted by atomic mass is 10.4. The Bertz CT molecular complexity index is 103. The van der Waals surface area contributed by atoms with Crippen molar-refractivity contribution >= 4 is 18.0 Å². The molecular formula is C3H6N2OS. The molecular weight excluding hydrogens is 112 g/mol. The number of hydrogen-bond donors (Lipinski definition) is 2. The molecule has 4 heteroatoms. The molecule has 1 unspecified atom stereocenters. The number of rotatable bonds is 0. The second kappa shape index (κ2) is 1.71. The van der Waals surface area contributed by atoms with Gasteiger partial charge in [-0.05, 0) is 6.92 Å². The standard InChI is InChI=1S/C3H6N2OS/c1-2-3(6)5-7-4-2/h2,4H,1H3,(H,5,6). The third-order valence-corrected chi connectivity index (χ3v) is 1.49. The number of hydrogen-bond acceptors (Lipinski definition) is 3. The summed E-state index contributed by atoms with van der Waals surface area (Å²) in [6.45, 7) is 1.85. The highest BCUT2D eigenvalue weighted by molar-refractivity contribution is 7.96. The second-order valence-electron chi connectivity index (χ2n) is 1.38. The summed E-state index contributed by atoms with van der Waals surface area (Å²) in [5.74, 6) is 0.185. The van der Waals surface area contributed by atoms with Crippen LogP contribution in [0.5, 0.6) is 0 Å².